The summed E-state index contributed by atoms with van der Waals surface area (Å²) in [6, 6.07) is 17.8. The summed E-state index contributed by atoms with van der Waals surface area (Å²) in [5.41, 5.74) is 4.13. The molecule has 0 heterocycles. The number of unbranched alkanes of at least 4 members (excludes halogenated alkanes) is 2. The van der Waals surface area contributed by atoms with Gasteiger partial charge in [0.05, 0.1) is 7.11 Å². The summed E-state index contributed by atoms with van der Waals surface area (Å²) >= 11 is 0. The highest BCUT2D eigenvalue weighted by Crippen LogP contribution is 2.48. The topological polar surface area (TPSA) is 9.23 Å². The van der Waals surface area contributed by atoms with Crippen molar-refractivity contribution in [3.05, 3.63) is 54.1 Å². The van der Waals surface area contributed by atoms with Gasteiger partial charge in [-0.1, -0.05) is 75.4 Å². The monoisotopic (exact) mass is 390 g/mol. The first-order chi connectivity index (χ1) is 14.3. The van der Waals surface area contributed by atoms with Crippen LogP contribution in [0.1, 0.15) is 82.6 Å². The Bertz CT molecular complexity index is 745. The van der Waals surface area contributed by atoms with Crippen LogP contribution in [0.3, 0.4) is 0 Å². The van der Waals surface area contributed by atoms with Gasteiger partial charge in [0.15, 0.2) is 0 Å². The van der Waals surface area contributed by atoms with E-state index in [9.17, 15) is 0 Å². The molecule has 0 amide bonds. The number of hydrogen-bond donors (Lipinski definition) is 0. The standard InChI is InChI=1S/C28H38O/c1-3-4-5-6-21-7-8-27-20-26(14-13-25(27)19-21)24-11-9-22(10-12-24)23-15-17-28(29-2)18-16-23/h9-12,15-18,21,25-27H,3-8,13-14,19-20H2,1-2H3. The highest BCUT2D eigenvalue weighted by atomic mass is 16.5. The Kier molecular flexibility index (Phi) is 6.95. The molecule has 156 valence electrons. The second-order valence-electron chi connectivity index (χ2n) is 9.56. The van der Waals surface area contributed by atoms with Crippen molar-refractivity contribution >= 4 is 0 Å². The lowest BCUT2D eigenvalue weighted by molar-refractivity contribution is 0.113. The van der Waals surface area contributed by atoms with Crippen LogP contribution in [0.4, 0.5) is 0 Å². The van der Waals surface area contributed by atoms with Gasteiger partial charge >= 0.3 is 0 Å². The van der Waals surface area contributed by atoms with Crippen molar-refractivity contribution < 1.29 is 4.74 Å². The first-order valence-corrected chi connectivity index (χ1v) is 12.0. The van der Waals surface area contributed by atoms with E-state index >= 15 is 0 Å². The molecule has 0 aromatic heterocycles. The third-order valence-corrected chi connectivity index (χ3v) is 7.74. The molecule has 2 saturated carbocycles. The molecule has 2 aromatic rings. The molecule has 4 unspecified atom stereocenters. The zero-order valence-electron chi connectivity index (χ0n) is 18.4. The van der Waals surface area contributed by atoms with E-state index in [1.54, 1.807) is 12.7 Å². The predicted molar refractivity (Wildman–Crippen MR) is 123 cm³/mol. The van der Waals surface area contributed by atoms with Gasteiger partial charge in [-0.3, -0.25) is 0 Å². The third-order valence-electron chi connectivity index (χ3n) is 7.74. The van der Waals surface area contributed by atoms with Gasteiger partial charge in [-0.2, -0.15) is 0 Å². The van der Waals surface area contributed by atoms with Crippen LogP contribution in [0.15, 0.2) is 48.5 Å². The maximum atomic E-state index is 5.28. The molecule has 29 heavy (non-hydrogen) atoms. The van der Waals surface area contributed by atoms with Gasteiger partial charge < -0.3 is 4.74 Å². The minimum atomic E-state index is 0.776. The number of hydrogen-bond acceptors (Lipinski definition) is 1. The molecule has 1 nitrogen and oxygen atoms in total. The van der Waals surface area contributed by atoms with Crippen LogP contribution in [0.25, 0.3) is 11.1 Å². The van der Waals surface area contributed by atoms with E-state index in [4.69, 9.17) is 4.74 Å². The van der Waals surface area contributed by atoms with Crippen LogP contribution in [-0.2, 0) is 0 Å². The minimum Gasteiger partial charge on any atom is -0.497 e. The van der Waals surface area contributed by atoms with E-state index in [1.165, 1.54) is 75.3 Å². The maximum absolute atomic E-state index is 5.28. The second-order valence-corrected chi connectivity index (χ2v) is 9.56. The third kappa shape index (κ3) is 5.05. The Balaban J connectivity index is 1.33. The molecule has 2 aliphatic carbocycles. The highest BCUT2D eigenvalue weighted by Gasteiger charge is 2.35. The van der Waals surface area contributed by atoms with Gasteiger partial charge in [0.1, 0.15) is 5.75 Å². The molecule has 4 rings (SSSR count). The molecule has 0 saturated heterocycles. The van der Waals surface area contributed by atoms with Gasteiger partial charge in [0.25, 0.3) is 0 Å². The average Bonchev–Trinajstić information content (AvgIpc) is 2.79. The molecular weight excluding hydrogens is 352 g/mol. The Morgan fingerprint density at radius 2 is 1.41 bits per heavy atom. The molecule has 1 heteroatoms. The van der Waals surface area contributed by atoms with Gasteiger partial charge in [-0.05, 0) is 84.6 Å². The summed E-state index contributed by atoms with van der Waals surface area (Å²) in [4.78, 5) is 0. The Morgan fingerprint density at radius 3 is 2.10 bits per heavy atom. The smallest absolute Gasteiger partial charge is 0.118 e. The van der Waals surface area contributed by atoms with Crippen molar-refractivity contribution in [2.24, 2.45) is 17.8 Å². The van der Waals surface area contributed by atoms with Crippen LogP contribution in [0, 0.1) is 17.8 Å². The minimum absolute atomic E-state index is 0.776. The van der Waals surface area contributed by atoms with Gasteiger partial charge in [-0.25, -0.2) is 0 Å². The lowest BCUT2D eigenvalue weighted by Gasteiger charge is -2.42. The molecule has 0 bridgehead atoms. The molecule has 2 fully saturated rings. The molecule has 0 spiro atoms. The van der Waals surface area contributed by atoms with E-state index in [0.29, 0.717) is 0 Å². The zero-order valence-corrected chi connectivity index (χ0v) is 18.4. The SMILES string of the molecule is CCCCCC1CCC2CC(c3ccc(-c4ccc(OC)cc4)cc3)CCC2C1. The summed E-state index contributed by atoms with van der Waals surface area (Å²) < 4.78 is 5.28. The number of methoxy groups -OCH3 is 1. The second kappa shape index (κ2) is 9.83. The fourth-order valence-electron chi connectivity index (χ4n) is 5.97. The number of fused-ring (bicyclic) bond motifs is 1. The first-order valence-electron chi connectivity index (χ1n) is 12.0. The Morgan fingerprint density at radius 1 is 0.759 bits per heavy atom. The summed E-state index contributed by atoms with van der Waals surface area (Å²) in [5, 5.41) is 0. The number of ether oxygens (including phenoxy) is 1. The van der Waals surface area contributed by atoms with Gasteiger partial charge in [-0.15, -0.1) is 0 Å². The Labute approximate surface area is 177 Å². The van der Waals surface area contributed by atoms with Crippen molar-refractivity contribution in [2.45, 2.75) is 77.0 Å². The fraction of sp³-hybridized carbons (Fsp3) is 0.571. The molecule has 2 aromatic carbocycles. The van der Waals surface area contributed by atoms with Crippen LogP contribution in [-0.4, -0.2) is 7.11 Å². The fourth-order valence-corrected chi connectivity index (χ4v) is 5.97. The van der Waals surface area contributed by atoms with E-state index in [0.717, 1.165) is 29.4 Å². The first kappa shape index (κ1) is 20.5. The van der Waals surface area contributed by atoms with E-state index in [1.807, 2.05) is 12.1 Å². The Hall–Kier alpha value is -1.76. The van der Waals surface area contributed by atoms with Crippen molar-refractivity contribution in [1.29, 1.82) is 0 Å². The van der Waals surface area contributed by atoms with Gasteiger partial charge in [0.2, 0.25) is 0 Å². The lowest BCUT2D eigenvalue weighted by Crippen LogP contribution is -2.30. The molecule has 0 radical (unpaired) electrons. The normalized spacial score (nSPS) is 26.7. The van der Waals surface area contributed by atoms with E-state index < -0.39 is 0 Å². The highest BCUT2D eigenvalue weighted by molar-refractivity contribution is 5.64. The summed E-state index contributed by atoms with van der Waals surface area (Å²) in [5.74, 6) is 4.73. The summed E-state index contributed by atoms with van der Waals surface area (Å²) in [7, 11) is 1.72. The lowest BCUT2D eigenvalue weighted by atomic mass is 9.63. The van der Waals surface area contributed by atoms with Crippen molar-refractivity contribution in [3.8, 4) is 16.9 Å². The van der Waals surface area contributed by atoms with Crippen LogP contribution in [0.5, 0.6) is 5.75 Å². The van der Waals surface area contributed by atoms with Crippen molar-refractivity contribution in [3.63, 3.8) is 0 Å². The van der Waals surface area contributed by atoms with Crippen molar-refractivity contribution in [1.82, 2.24) is 0 Å². The van der Waals surface area contributed by atoms with Gasteiger partial charge in [0, 0.05) is 0 Å². The van der Waals surface area contributed by atoms with E-state index in [-0.39, 0.29) is 0 Å². The molecule has 0 aliphatic heterocycles. The van der Waals surface area contributed by atoms with Crippen molar-refractivity contribution in [2.75, 3.05) is 7.11 Å². The van der Waals surface area contributed by atoms with E-state index in [2.05, 4.69) is 43.3 Å². The van der Waals surface area contributed by atoms with Crippen LogP contribution in [0.2, 0.25) is 0 Å². The molecule has 0 N–H and O–H groups in total. The zero-order chi connectivity index (χ0) is 20.1. The quantitative estimate of drug-likeness (QED) is 0.432. The predicted octanol–water partition coefficient (Wildman–Crippen LogP) is 8.24. The number of rotatable bonds is 7. The maximum Gasteiger partial charge on any atom is 0.118 e. The van der Waals surface area contributed by atoms with Crippen LogP contribution < -0.4 is 4.74 Å². The molecule has 4 atom stereocenters. The van der Waals surface area contributed by atoms with Crippen LogP contribution >= 0.6 is 0 Å². The molecular formula is C28H38O. The summed E-state index contributed by atoms with van der Waals surface area (Å²) in [6.07, 6.45) is 14.5. The number of benzene rings is 2. The molecule has 2 aliphatic rings. The summed E-state index contributed by atoms with van der Waals surface area (Å²) in [6.45, 7) is 2.32. The average molecular weight is 391 g/mol. The largest absolute Gasteiger partial charge is 0.497 e.